The molecule has 2 aliphatic rings. The molecule has 7 heteroatoms. The van der Waals surface area contributed by atoms with E-state index in [0.29, 0.717) is 13.1 Å². The lowest BCUT2D eigenvalue weighted by Gasteiger charge is -2.27. The molecule has 1 N–H and O–H groups in total. The van der Waals surface area contributed by atoms with Crippen LogP contribution in [0, 0.1) is 26.7 Å². The molecule has 3 heterocycles. The lowest BCUT2D eigenvalue weighted by Crippen LogP contribution is -2.34. The van der Waals surface area contributed by atoms with Crippen molar-refractivity contribution in [3.63, 3.8) is 0 Å². The molecule has 2 aromatic rings. The summed E-state index contributed by atoms with van der Waals surface area (Å²) in [4.78, 5) is 38.5. The Hall–Kier alpha value is -2.96. The van der Waals surface area contributed by atoms with Gasteiger partial charge in [-0.2, -0.15) is 0 Å². The number of aryl methyl sites for hydroxylation is 3. The van der Waals surface area contributed by atoms with E-state index in [1.165, 1.54) is 12.0 Å². The summed E-state index contributed by atoms with van der Waals surface area (Å²) >= 11 is 0. The molecule has 2 amide bonds. The van der Waals surface area contributed by atoms with Gasteiger partial charge in [0.2, 0.25) is 17.8 Å². The van der Waals surface area contributed by atoms with Crippen LogP contribution in [-0.4, -0.2) is 41.4 Å². The average Bonchev–Trinajstić information content (AvgIpc) is 3.16. The van der Waals surface area contributed by atoms with Crippen LogP contribution in [-0.2, 0) is 16.1 Å². The third kappa shape index (κ3) is 4.86. The predicted octanol–water partition coefficient (Wildman–Crippen LogP) is 3.06. The zero-order valence-corrected chi connectivity index (χ0v) is 18.6. The monoisotopic (exact) mass is 421 g/mol. The van der Waals surface area contributed by atoms with Gasteiger partial charge in [-0.3, -0.25) is 9.59 Å². The van der Waals surface area contributed by atoms with E-state index in [9.17, 15) is 9.59 Å². The van der Waals surface area contributed by atoms with Crippen LogP contribution in [0.2, 0.25) is 0 Å². The van der Waals surface area contributed by atoms with Crippen molar-refractivity contribution in [3.8, 4) is 0 Å². The van der Waals surface area contributed by atoms with Gasteiger partial charge < -0.3 is 15.1 Å². The summed E-state index contributed by atoms with van der Waals surface area (Å²) in [6, 6.07) is 7.89. The molecule has 1 aromatic carbocycles. The van der Waals surface area contributed by atoms with Crippen LogP contribution in [0.15, 0.2) is 24.3 Å². The first-order valence-corrected chi connectivity index (χ1v) is 11.2. The quantitative estimate of drug-likeness (QED) is 0.803. The SMILES string of the molecule is Cc1cc(CNC(=O)C2CC(=O)N(c3ccc(C)c(C)c3)C2)nc(N2CCCCC2)n1. The molecule has 2 aliphatic heterocycles. The second-order valence-corrected chi connectivity index (χ2v) is 8.74. The minimum absolute atomic E-state index is 0.00586. The van der Waals surface area contributed by atoms with Gasteiger partial charge in [0.1, 0.15) is 0 Å². The molecule has 7 nitrogen and oxygen atoms in total. The highest BCUT2D eigenvalue weighted by molar-refractivity contribution is 6.00. The molecular formula is C24H31N5O2. The van der Waals surface area contributed by atoms with Crippen LogP contribution in [0.1, 0.15) is 48.2 Å². The highest BCUT2D eigenvalue weighted by Gasteiger charge is 2.35. The summed E-state index contributed by atoms with van der Waals surface area (Å²) in [5.41, 5.74) is 4.89. The Balaban J connectivity index is 1.38. The summed E-state index contributed by atoms with van der Waals surface area (Å²) in [5.74, 6) is 0.295. The minimum atomic E-state index is -0.349. The second kappa shape index (κ2) is 9.04. The number of carbonyl (C=O) groups excluding carboxylic acids is 2. The number of piperidine rings is 1. The summed E-state index contributed by atoms with van der Waals surface area (Å²) < 4.78 is 0. The standard InChI is InChI=1S/C24H31N5O2/c1-16-7-8-21(11-17(16)2)29-15-19(13-22(29)30)23(31)25-14-20-12-18(3)26-24(27-20)28-9-5-4-6-10-28/h7-8,11-12,19H,4-6,9-10,13-15H2,1-3H3,(H,25,31). The van der Waals surface area contributed by atoms with E-state index in [2.05, 4.69) is 20.2 Å². The fourth-order valence-electron chi connectivity index (χ4n) is 4.29. The van der Waals surface area contributed by atoms with Crippen LogP contribution >= 0.6 is 0 Å². The van der Waals surface area contributed by atoms with Gasteiger partial charge in [0, 0.05) is 37.4 Å². The predicted molar refractivity (Wildman–Crippen MR) is 121 cm³/mol. The maximum atomic E-state index is 12.8. The molecule has 0 aliphatic carbocycles. The van der Waals surface area contributed by atoms with Crippen molar-refractivity contribution in [1.82, 2.24) is 15.3 Å². The van der Waals surface area contributed by atoms with Gasteiger partial charge >= 0.3 is 0 Å². The van der Waals surface area contributed by atoms with E-state index in [1.807, 2.05) is 45.0 Å². The van der Waals surface area contributed by atoms with Crippen LogP contribution in [0.5, 0.6) is 0 Å². The number of hydrogen-bond donors (Lipinski definition) is 1. The Bertz CT molecular complexity index is 984. The zero-order chi connectivity index (χ0) is 22.0. The van der Waals surface area contributed by atoms with Gasteiger partial charge in [0.15, 0.2) is 0 Å². The van der Waals surface area contributed by atoms with E-state index in [1.54, 1.807) is 4.90 Å². The topological polar surface area (TPSA) is 78.4 Å². The summed E-state index contributed by atoms with van der Waals surface area (Å²) in [7, 11) is 0. The fraction of sp³-hybridized carbons (Fsp3) is 0.500. The number of nitrogens with zero attached hydrogens (tertiary/aromatic N) is 4. The molecule has 1 aromatic heterocycles. The van der Waals surface area contributed by atoms with E-state index in [0.717, 1.165) is 54.5 Å². The highest BCUT2D eigenvalue weighted by atomic mass is 16.2. The number of nitrogens with one attached hydrogen (secondary N) is 1. The molecule has 2 fully saturated rings. The number of anilines is 2. The number of benzene rings is 1. The van der Waals surface area contributed by atoms with Crippen molar-refractivity contribution in [2.45, 2.75) is 53.0 Å². The molecule has 1 unspecified atom stereocenters. The van der Waals surface area contributed by atoms with Gasteiger partial charge in [-0.25, -0.2) is 9.97 Å². The Morgan fingerprint density at radius 1 is 1.06 bits per heavy atom. The average molecular weight is 422 g/mol. The number of hydrogen-bond acceptors (Lipinski definition) is 5. The maximum Gasteiger partial charge on any atom is 0.227 e. The second-order valence-electron chi connectivity index (χ2n) is 8.74. The third-order valence-electron chi connectivity index (χ3n) is 6.28. The zero-order valence-electron chi connectivity index (χ0n) is 18.6. The first-order valence-electron chi connectivity index (χ1n) is 11.2. The molecule has 2 saturated heterocycles. The number of carbonyl (C=O) groups is 2. The minimum Gasteiger partial charge on any atom is -0.350 e. The van der Waals surface area contributed by atoms with Crippen molar-refractivity contribution >= 4 is 23.5 Å². The van der Waals surface area contributed by atoms with E-state index < -0.39 is 0 Å². The van der Waals surface area contributed by atoms with Gasteiger partial charge in [0.25, 0.3) is 0 Å². The Morgan fingerprint density at radius 2 is 1.84 bits per heavy atom. The summed E-state index contributed by atoms with van der Waals surface area (Å²) in [6.07, 6.45) is 3.82. The van der Waals surface area contributed by atoms with Gasteiger partial charge in [-0.05, 0) is 69.4 Å². The van der Waals surface area contributed by atoms with Crippen molar-refractivity contribution in [2.24, 2.45) is 5.92 Å². The third-order valence-corrected chi connectivity index (χ3v) is 6.28. The molecule has 31 heavy (non-hydrogen) atoms. The molecular weight excluding hydrogens is 390 g/mol. The molecule has 1 atom stereocenters. The number of rotatable bonds is 5. The van der Waals surface area contributed by atoms with Crippen LogP contribution in [0.3, 0.4) is 0 Å². The molecule has 4 rings (SSSR count). The van der Waals surface area contributed by atoms with Gasteiger partial charge in [0.05, 0.1) is 18.2 Å². The van der Waals surface area contributed by atoms with Crippen LogP contribution in [0.25, 0.3) is 0 Å². The van der Waals surface area contributed by atoms with Crippen LogP contribution in [0.4, 0.5) is 11.6 Å². The van der Waals surface area contributed by atoms with E-state index >= 15 is 0 Å². The largest absolute Gasteiger partial charge is 0.350 e. The first kappa shape index (κ1) is 21.3. The lowest BCUT2D eigenvalue weighted by molar-refractivity contribution is -0.126. The first-order chi connectivity index (χ1) is 14.9. The molecule has 0 bridgehead atoms. The van der Waals surface area contributed by atoms with Crippen LogP contribution < -0.4 is 15.1 Å². The van der Waals surface area contributed by atoms with Crippen molar-refractivity contribution in [2.75, 3.05) is 29.4 Å². The summed E-state index contributed by atoms with van der Waals surface area (Å²) in [5, 5.41) is 2.98. The summed E-state index contributed by atoms with van der Waals surface area (Å²) in [6.45, 7) is 8.75. The van der Waals surface area contributed by atoms with E-state index in [4.69, 9.17) is 0 Å². The maximum absolute atomic E-state index is 12.8. The molecule has 0 radical (unpaired) electrons. The molecule has 164 valence electrons. The van der Waals surface area contributed by atoms with Crippen molar-refractivity contribution < 1.29 is 9.59 Å². The van der Waals surface area contributed by atoms with Gasteiger partial charge in [-0.15, -0.1) is 0 Å². The lowest BCUT2D eigenvalue weighted by atomic mass is 10.1. The smallest absolute Gasteiger partial charge is 0.227 e. The number of amides is 2. The molecule has 0 spiro atoms. The van der Waals surface area contributed by atoms with Gasteiger partial charge in [-0.1, -0.05) is 6.07 Å². The Morgan fingerprint density at radius 3 is 2.58 bits per heavy atom. The fourth-order valence-corrected chi connectivity index (χ4v) is 4.29. The van der Waals surface area contributed by atoms with Crippen molar-refractivity contribution in [3.05, 3.63) is 46.8 Å². The van der Waals surface area contributed by atoms with Crippen molar-refractivity contribution in [1.29, 1.82) is 0 Å². The highest BCUT2D eigenvalue weighted by Crippen LogP contribution is 2.27. The Labute approximate surface area is 183 Å². The molecule has 0 saturated carbocycles. The van der Waals surface area contributed by atoms with E-state index in [-0.39, 0.29) is 24.2 Å². The Kier molecular flexibility index (Phi) is 6.20. The normalized spacial score (nSPS) is 19.1. The number of aromatic nitrogens is 2.